The van der Waals surface area contributed by atoms with Gasteiger partial charge in [0.25, 0.3) is 5.78 Å². The van der Waals surface area contributed by atoms with Gasteiger partial charge in [-0.15, -0.1) is 0 Å². The second-order valence-corrected chi connectivity index (χ2v) is 4.64. The van der Waals surface area contributed by atoms with Gasteiger partial charge in [-0.1, -0.05) is 6.07 Å². The number of pyridine rings is 1. The molecule has 1 atom stereocenters. The van der Waals surface area contributed by atoms with E-state index in [0.29, 0.717) is 5.56 Å². The first-order valence-electron chi connectivity index (χ1n) is 6.19. The summed E-state index contributed by atoms with van der Waals surface area (Å²) in [5.41, 5.74) is -0.920. The zero-order chi connectivity index (χ0) is 15.6. The second-order valence-electron chi connectivity index (χ2n) is 4.64. The lowest BCUT2D eigenvalue weighted by molar-refractivity contribution is -0.142. The van der Waals surface area contributed by atoms with E-state index in [9.17, 15) is 14.4 Å². The number of Topliss-reactive ketones (excluding diaryl/α,β-unsaturated/α-hetero) is 1. The number of nitrogens with one attached hydrogen (secondary N) is 1. The van der Waals surface area contributed by atoms with Crippen molar-refractivity contribution in [3.63, 3.8) is 0 Å². The standard InChI is InChI=1S/C14H14N2O5/c1-8(17)16-13-11(20-9(2)18)12(19)14(3,21-13)10-5-4-6-15-7-10/h4-7H,1-3H3,(H,16,17). The van der Waals surface area contributed by atoms with Gasteiger partial charge in [-0.2, -0.15) is 0 Å². The molecule has 0 radical (unpaired) electrons. The Balaban J connectivity index is 2.42. The minimum Gasteiger partial charge on any atom is -0.456 e. The summed E-state index contributed by atoms with van der Waals surface area (Å²) < 4.78 is 10.4. The molecule has 1 aromatic rings. The van der Waals surface area contributed by atoms with Gasteiger partial charge in [0.15, 0.2) is 0 Å². The normalized spacial score (nSPS) is 21.0. The van der Waals surface area contributed by atoms with Gasteiger partial charge in [0.05, 0.1) is 0 Å². The number of amides is 1. The number of hydrogen-bond donors (Lipinski definition) is 1. The predicted octanol–water partition coefficient (Wildman–Crippen LogP) is 0.764. The van der Waals surface area contributed by atoms with E-state index in [1.807, 2.05) is 0 Å². The molecule has 2 heterocycles. The van der Waals surface area contributed by atoms with Crippen molar-refractivity contribution in [2.75, 3.05) is 0 Å². The van der Waals surface area contributed by atoms with Gasteiger partial charge in [0, 0.05) is 31.8 Å². The predicted molar refractivity (Wildman–Crippen MR) is 70.3 cm³/mol. The van der Waals surface area contributed by atoms with Gasteiger partial charge in [0.1, 0.15) is 0 Å². The summed E-state index contributed by atoms with van der Waals surface area (Å²) in [6.07, 6.45) is 3.03. The molecule has 0 aliphatic carbocycles. The fourth-order valence-electron chi connectivity index (χ4n) is 1.93. The van der Waals surface area contributed by atoms with Gasteiger partial charge < -0.3 is 9.47 Å². The highest BCUT2D eigenvalue weighted by molar-refractivity contribution is 6.04. The van der Waals surface area contributed by atoms with Crippen molar-refractivity contribution in [2.24, 2.45) is 0 Å². The molecule has 1 N–H and O–H groups in total. The van der Waals surface area contributed by atoms with Crippen LogP contribution in [-0.4, -0.2) is 22.6 Å². The van der Waals surface area contributed by atoms with E-state index < -0.39 is 23.3 Å². The fraction of sp³-hybridized carbons (Fsp3) is 0.286. The Bertz CT molecular complexity index is 638. The molecule has 0 spiro atoms. The van der Waals surface area contributed by atoms with Crippen LogP contribution in [0.2, 0.25) is 0 Å². The quantitative estimate of drug-likeness (QED) is 0.826. The number of hydrogen-bond acceptors (Lipinski definition) is 6. The van der Waals surface area contributed by atoms with Crippen LogP contribution in [0.15, 0.2) is 36.2 Å². The number of ketones is 1. The Morgan fingerprint density at radius 1 is 1.38 bits per heavy atom. The van der Waals surface area contributed by atoms with Crippen LogP contribution in [-0.2, 0) is 29.5 Å². The van der Waals surface area contributed by atoms with Crippen molar-refractivity contribution >= 4 is 17.7 Å². The smallest absolute Gasteiger partial charge is 0.308 e. The first-order valence-corrected chi connectivity index (χ1v) is 6.19. The van der Waals surface area contributed by atoms with Crippen molar-refractivity contribution in [1.29, 1.82) is 0 Å². The molecule has 0 saturated heterocycles. The average Bonchev–Trinajstić information content (AvgIpc) is 2.64. The highest BCUT2D eigenvalue weighted by Gasteiger charge is 2.49. The number of rotatable bonds is 3. The summed E-state index contributed by atoms with van der Waals surface area (Å²) in [7, 11) is 0. The third kappa shape index (κ3) is 2.76. The Morgan fingerprint density at radius 2 is 2.10 bits per heavy atom. The lowest BCUT2D eigenvalue weighted by Crippen LogP contribution is -2.32. The van der Waals surface area contributed by atoms with Crippen LogP contribution in [0.3, 0.4) is 0 Å². The van der Waals surface area contributed by atoms with Crippen molar-refractivity contribution in [1.82, 2.24) is 10.3 Å². The van der Waals surface area contributed by atoms with Gasteiger partial charge >= 0.3 is 5.97 Å². The van der Waals surface area contributed by atoms with Gasteiger partial charge in [-0.25, -0.2) is 0 Å². The molecule has 1 amide bonds. The molecule has 7 nitrogen and oxygen atoms in total. The van der Waals surface area contributed by atoms with E-state index in [4.69, 9.17) is 9.47 Å². The van der Waals surface area contributed by atoms with Gasteiger partial charge in [0.2, 0.25) is 23.2 Å². The molecular weight excluding hydrogens is 276 g/mol. The van der Waals surface area contributed by atoms with Crippen LogP contribution in [0.4, 0.5) is 0 Å². The van der Waals surface area contributed by atoms with Gasteiger partial charge in [-0.3, -0.25) is 24.7 Å². The number of ether oxygens (including phenoxy) is 2. The lowest BCUT2D eigenvalue weighted by atomic mass is 9.93. The van der Waals surface area contributed by atoms with E-state index in [-0.39, 0.29) is 11.6 Å². The van der Waals surface area contributed by atoms with Crippen LogP contribution in [0.5, 0.6) is 0 Å². The maximum Gasteiger partial charge on any atom is 0.308 e. The average molecular weight is 290 g/mol. The first kappa shape index (κ1) is 14.7. The maximum atomic E-state index is 12.5. The van der Waals surface area contributed by atoms with E-state index in [1.165, 1.54) is 20.0 Å². The van der Waals surface area contributed by atoms with E-state index in [1.54, 1.807) is 18.3 Å². The summed E-state index contributed by atoms with van der Waals surface area (Å²) >= 11 is 0. The second kappa shape index (κ2) is 5.35. The monoisotopic (exact) mass is 290 g/mol. The van der Waals surface area contributed by atoms with E-state index in [2.05, 4.69) is 10.3 Å². The van der Waals surface area contributed by atoms with Crippen molar-refractivity contribution in [3.05, 3.63) is 41.7 Å². The maximum absolute atomic E-state index is 12.5. The van der Waals surface area contributed by atoms with E-state index in [0.717, 1.165) is 6.92 Å². The molecule has 2 rings (SSSR count). The Labute approximate surface area is 121 Å². The zero-order valence-electron chi connectivity index (χ0n) is 11.8. The van der Waals surface area contributed by atoms with Crippen LogP contribution >= 0.6 is 0 Å². The minimum absolute atomic E-state index is 0.172. The summed E-state index contributed by atoms with van der Waals surface area (Å²) in [5.74, 6) is -2.18. The third-order valence-corrected chi connectivity index (χ3v) is 2.90. The summed E-state index contributed by atoms with van der Waals surface area (Å²) in [5, 5.41) is 2.35. The molecule has 110 valence electrons. The number of nitrogens with zero attached hydrogens (tertiary/aromatic N) is 1. The topological polar surface area (TPSA) is 94.6 Å². The van der Waals surface area contributed by atoms with Crippen LogP contribution in [0, 0.1) is 0 Å². The van der Waals surface area contributed by atoms with Crippen molar-refractivity contribution < 1.29 is 23.9 Å². The minimum atomic E-state index is -1.41. The molecule has 1 aliphatic heterocycles. The molecule has 0 bridgehead atoms. The molecule has 21 heavy (non-hydrogen) atoms. The van der Waals surface area contributed by atoms with Crippen molar-refractivity contribution in [2.45, 2.75) is 26.4 Å². The Kier molecular flexibility index (Phi) is 3.75. The third-order valence-electron chi connectivity index (χ3n) is 2.90. The number of aromatic nitrogens is 1. The first-order chi connectivity index (χ1) is 9.84. The lowest BCUT2D eigenvalue weighted by Gasteiger charge is -2.22. The molecular formula is C14H14N2O5. The SMILES string of the molecule is CC(=O)NC1=C(OC(C)=O)C(=O)C(C)(c2cccnc2)O1. The van der Waals surface area contributed by atoms with Crippen molar-refractivity contribution in [3.8, 4) is 0 Å². The van der Waals surface area contributed by atoms with Crippen LogP contribution in [0.25, 0.3) is 0 Å². The number of esters is 1. The Hall–Kier alpha value is -2.70. The summed E-state index contributed by atoms with van der Waals surface area (Å²) in [6, 6.07) is 3.31. The van der Waals surface area contributed by atoms with E-state index >= 15 is 0 Å². The highest BCUT2D eigenvalue weighted by atomic mass is 16.6. The molecule has 7 heteroatoms. The highest BCUT2D eigenvalue weighted by Crippen LogP contribution is 2.37. The Morgan fingerprint density at radius 3 is 2.62 bits per heavy atom. The van der Waals surface area contributed by atoms with Crippen LogP contribution in [0.1, 0.15) is 26.3 Å². The summed E-state index contributed by atoms with van der Waals surface area (Å²) in [4.78, 5) is 38.8. The molecule has 0 aromatic carbocycles. The fourth-order valence-corrected chi connectivity index (χ4v) is 1.93. The molecule has 1 aliphatic rings. The molecule has 0 saturated carbocycles. The molecule has 0 fully saturated rings. The summed E-state index contributed by atoms with van der Waals surface area (Å²) in [6.45, 7) is 3.93. The zero-order valence-corrected chi connectivity index (χ0v) is 11.8. The molecule has 1 aromatic heterocycles. The number of carbonyl (C=O) groups excluding carboxylic acids is 3. The largest absolute Gasteiger partial charge is 0.456 e. The molecule has 1 unspecified atom stereocenters. The van der Waals surface area contributed by atoms with Crippen LogP contribution < -0.4 is 5.32 Å². The van der Waals surface area contributed by atoms with Gasteiger partial charge in [-0.05, 0) is 13.0 Å². The number of carbonyl (C=O) groups is 3.